The molecule has 2 saturated heterocycles. The number of anilines is 1. The number of ether oxygens (including phenoxy) is 3. The third-order valence-electron chi connectivity index (χ3n) is 12.3. The van der Waals surface area contributed by atoms with E-state index in [0.717, 1.165) is 5.69 Å². The number of alkyl carbamates (subject to hydrolysis) is 1. The molecule has 4 bridgehead atoms. The van der Waals surface area contributed by atoms with Crippen molar-refractivity contribution in [2.75, 3.05) is 36.4 Å². The number of aliphatic hydroxyl groups is 2. The van der Waals surface area contributed by atoms with E-state index >= 15 is 0 Å². The zero-order valence-electron chi connectivity index (χ0n) is 30.0. The van der Waals surface area contributed by atoms with E-state index in [1.165, 1.54) is 0 Å². The third kappa shape index (κ3) is 5.81. The SMILES string of the molecule is C=C1C(=O)C23C(CCC1[C@H]2OC(=O)[C@H](Cc1ccc(N(CCCl)CCCl)cc1)NC(=O)OC(C)(C)C)C12CO[C@@]3(O)[C@@H](O)[C@@H]1C(C)(C)CCC2=O. The van der Waals surface area contributed by atoms with Crippen LogP contribution in [0.15, 0.2) is 36.4 Å². The van der Waals surface area contributed by atoms with Gasteiger partial charge in [-0.1, -0.05) is 32.6 Å². The second-order valence-electron chi connectivity index (χ2n) is 16.6. The van der Waals surface area contributed by atoms with Gasteiger partial charge in [0, 0.05) is 55.2 Å². The Balaban J connectivity index is 1.36. The van der Waals surface area contributed by atoms with E-state index in [4.69, 9.17) is 37.4 Å². The number of amides is 1. The average molecular weight is 750 g/mol. The van der Waals surface area contributed by atoms with Gasteiger partial charge in [-0.25, -0.2) is 9.59 Å². The molecule has 4 unspecified atom stereocenters. The highest BCUT2D eigenvalue weighted by molar-refractivity contribution is 6.18. The maximum absolute atomic E-state index is 14.5. The van der Waals surface area contributed by atoms with Gasteiger partial charge in [0.15, 0.2) is 5.78 Å². The molecule has 6 fully saturated rings. The molecule has 51 heavy (non-hydrogen) atoms. The van der Waals surface area contributed by atoms with Crippen molar-refractivity contribution in [2.45, 2.75) is 96.4 Å². The molecule has 2 spiro atoms. The van der Waals surface area contributed by atoms with Gasteiger partial charge in [-0.15, -0.1) is 23.2 Å². The van der Waals surface area contributed by atoms with E-state index in [1.54, 1.807) is 20.8 Å². The van der Waals surface area contributed by atoms with Crippen molar-refractivity contribution < 1.29 is 43.6 Å². The fraction of sp³-hybridized carbons (Fsp3) is 0.684. The van der Waals surface area contributed by atoms with Crippen LogP contribution in [0.1, 0.15) is 65.9 Å². The molecule has 1 aromatic carbocycles. The van der Waals surface area contributed by atoms with Gasteiger partial charge in [0.25, 0.3) is 0 Å². The Labute approximate surface area is 309 Å². The fourth-order valence-electron chi connectivity index (χ4n) is 10.3. The van der Waals surface area contributed by atoms with Gasteiger partial charge in [-0.05, 0) is 74.6 Å². The summed E-state index contributed by atoms with van der Waals surface area (Å²) in [5.41, 5.74) is -2.89. The van der Waals surface area contributed by atoms with E-state index < -0.39 is 81.5 Å². The molecule has 7 rings (SSSR count). The Morgan fingerprint density at radius 2 is 1.76 bits per heavy atom. The number of carbonyl (C=O) groups is 4. The lowest BCUT2D eigenvalue weighted by molar-refractivity contribution is -0.437. The van der Waals surface area contributed by atoms with Crippen molar-refractivity contribution in [3.63, 3.8) is 0 Å². The largest absolute Gasteiger partial charge is 0.459 e. The Morgan fingerprint density at radius 3 is 2.37 bits per heavy atom. The van der Waals surface area contributed by atoms with Crippen LogP contribution in [0.5, 0.6) is 0 Å². The number of ketones is 2. The van der Waals surface area contributed by atoms with Crippen LogP contribution in [0.3, 0.4) is 0 Å². The molecule has 11 nitrogen and oxygen atoms in total. The minimum absolute atomic E-state index is 0.00809. The van der Waals surface area contributed by atoms with E-state index in [2.05, 4.69) is 11.9 Å². The van der Waals surface area contributed by atoms with E-state index in [9.17, 15) is 29.4 Å². The lowest BCUT2D eigenvalue weighted by atomic mass is 9.36. The quantitative estimate of drug-likeness (QED) is 0.177. The van der Waals surface area contributed by atoms with Gasteiger partial charge in [0.2, 0.25) is 5.79 Å². The predicted molar refractivity (Wildman–Crippen MR) is 190 cm³/mol. The zero-order valence-corrected chi connectivity index (χ0v) is 31.5. The molecule has 4 aliphatic carbocycles. The van der Waals surface area contributed by atoms with Crippen LogP contribution >= 0.6 is 23.2 Å². The molecule has 280 valence electrons. The van der Waals surface area contributed by atoms with Crippen LogP contribution in [0, 0.1) is 34.0 Å². The highest BCUT2D eigenvalue weighted by Gasteiger charge is 2.88. The summed E-state index contributed by atoms with van der Waals surface area (Å²) in [5.74, 6) is -5.28. The molecular formula is C38H50Cl2N2O9. The summed E-state index contributed by atoms with van der Waals surface area (Å²) in [5, 5.41) is 27.2. The van der Waals surface area contributed by atoms with Gasteiger partial charge in [0.1, 0.15) is 35.0 Å². The number of carbonyl (C=O) groups excluding carboxylic acids is 4. The number of aliphatic hydroxyl groups excluding tert-OH is 1. The Bertz CT molecular complexity index is 1590. The Hall–Kier alpha value is -2.70. The van der Waals surface area contributed by atoms with Gasteiger partial charge in [0.05, 0.1) is 12.0 Å². The normalized spacial score (nSPS) is 35.5. The molecule has 6 aliphatic rings. The van der Waals surface area contributed by atoms with E-state index in [0.29, 0.717) is 49.7 Å². The van der Waals surface area contributed by atoms with Gasteiger partial charge in [-0.3, -0.25) is 9.59 Å². The molecule has 2 aliphatic heterocycles. The van der Waals surface area contributed by atoms with Crippen LogP contribution in [0.4, 0.5) is 10.5 Å². The summed E-state index contributed by atoms with van der Waals surface area (Å²) < 4.78 is 17.9. The number of alkyl halides is 2. The first-order valence-corrected chi connectivity index (χ1v) is 18.9. The summed E-state index contributed by atoms with van der Waals surface area (Å²) in [4.78, 5) is 58.1. The first-order chi connectivity index (χ1) is 23.9. The highest BCUT2D eigenvalue weighted by atomic mass is 35.5. The predicted octanol–water partition coefficient (Wildman–Crippen LogP) is 4.55. The standard InChI is InChI=1S/C38H50Cl2N2O9/c1-21-24-11-12-26-36-20-49-38(48,30(45)28(36)35(5,6)14-13-27(36)43)37(26,29(21)44)31(24)50-32(46)25(41-33(47)51-34(2,3)4)19-22-7-9-23(10-8-22)42(17-15-39)18-16-40/h7-10,24-26,28,30-31,45,48H,1,11-20H2,2-6H3,(H,41,47)/t24?,25-,26?,28+,30-,31+,36?,37?,38-/m0/s1. The average Bonchev–Trinajstić information content (AvgIpc) is 3.16. The van der Waals surface area contributed by atoms with Crippen LogP contribution < -0.4 is 10.2 Å². The van der Waals surface area contributed by atoms with Crippen molar-refractivity contribution in [1.29, 1.82) is 0 Å². The van der Waals surface area contributed by atoms with Crippen LogP contribution in [0.25, 0.3) is 0 Å². The molecule has 4 saturated carbocycles. The fourth-order valence-corrected chi connectivity index (χ4v) is 10.7. The maximum atomic E-state index is 14.5. The van der Waals surface area contributed by atoms with Crippen LogP contribution in [-0.2, 0) is 35.0 Å². The molecule has 9 atom stereocenters. The number of esters is 1. The topological polar surface area (TPSA) is 152 Å². The van der Waals surface area contributed by atoms with Crippen LogP contribution in [0.2, 0.25) is 0 Å². The number of Topliss-reactive ketones (excluding diaryl/α,β-unsaturated/α-hetero) is 2. The zero-order chi connectivity index (χ0) is 37.3. The summed E-state index contributed by atoms with van der Waals surface area (Å²) in [6, 6.07) is 6.14. The summed E-state index contributed by atoms with van der Waals surface area (Å²) in [6.07, 6.45) is -2.22. The third-order valence-corrected chi connectivity index (χ3v) is 12.6. The minimum atomic E-state index is -2.44. The Morgan fingerprint density at radius 1 is 1.12 bits per heavy atom. The van der Waals surface area contributed by atoms with Crippen LogP contribution in [-0.4, -0.2) is 94.9 Å². The smallest absolute Gasteiger partial charge is 0.408 e. The minimum Gasteiger partial charge on any atom is -0.459 e. The number of halogens is 2. The van der Waals surface area contributed by atoms with Crippen molar-refractivity contribution in [3.05, 3.63) is 42.0 Å². The summed E-state index contributed by atoms with van der Waals surface area (Å²) in [7, 11) is 0. The second-order valence-corrected chi connectivity index (χ2v) is 17.4. The number of hydrogen-bond acceptors (Lipinski definition) is 10. The second kappa shape index (κ2) is 13.3. The Kier molecular flexibility index (Phi) is 9.92. The van der Waals surface area contributed by atoms with Crippen molar-refractivity contribution in [2.24, 2.45) is 34.0 Å². The van der Waals surface area contributed by atoms with Crippen molar-refractivity contribution in [1.82, 2.24) is 5.32 Å². The number of nitrogens with one attached hydrogen (secondary N) is 1. The monoisotopic (exact) mass is 748 g/mol. The lowest BCUT2D eigenvalue weighted by Gasteiger charge is -2.72. The molecule has 3 N–H and O–H groups in total. The number of nitrogens with zero attached hydrogens (tertiary/aromatic N) is 1. The highest BCUT2D eigenvalue weighted by Crippen LogP contribution is 2.76. The molecule has 2 heterocycles. The molecule has 1 amide bonds. The van der Waals surface area contributed by atoms with E-state index in [-0.39, 0.29) is 30.8 Å². The molecule has 0 aromatic heterocycles. The molecular weight excluding hydrogens is 699 g/mol. The summed E-state index contributed by atoms with van der Waals surface area (Å²) in [6.45, 7) is 14.2. The molecule has 1 aromatic rings. The van der Waals surface area contributed by atoms with Gasteiger partial charge >= 0.3 is 12.1 Å². The number of fused-ring (bicyclic) bond motifs is 2. The number of benzene rings is 1. The van der Waals surface area contributed by atoms with Crippen molar-refractivity contribution in [3.8, 4) is 0 Å². The summed E-state index contributed by atoms with van der Waals surface area (Å²) >= 11 is 12.0. The molecule has 0 radical (unpaired) electrons. The first-order valence-electron chi connectivity index (χ1n) is 17.9. The van der Waals surface area contributed by atoms with E-state index in [1.807, 2.05) is 43.0 Å². The van der Waals surface area contributed by atoms with Crippen molar-refractivity contribution >= 4 is 52.5 Å². The maximum Gasteiger partial charge on any atom is 0.408 e. The first kappa shape index (κ1) is 38.0. The van der Waals surface area contributed by atoms with Gasteiger partial charge < -0.3 is 34.6 Å². The lowest BCUT2D eigenvalue weighted by Crippen LogP contribution is -2.85. The van der Waals surface area contributed by atoms with Gasteiger partial charge in [-0.2, -0.15) is 0 Å². The molecule has 13 heteroatoms. The number of rotatable bonds is 10. The number of hydrogen-bond donors (Lipinski definition) is 3.